The van der Waals surface area contributed by atoms with Crippen LogP contribution in [0.2, 0.25) is 0 Å². The molecule has 0 saturated heterocycles. The molecule has 3 aromatic heterocycles. The molecule has 4 aromatic rings. The van der Waals surface area contributed by atoms with Crippen LogP contribution in [0.25, 0.3) is 33.3 Å². The number of rotatable bonds is 4. The summed E-state index contributed by atoms with van der Waals surface area (Å²) in [6.45, 7) is 8.76. The van der Waals surface area contributed by atoms with Gasteiger partial charge in [0.25, 0.3) is 0 Å². The quantitative estimate of drug-likeness (QED) is 0.432. The molecule has 1 aromatic carbocycles. The minimum absolute atomic E-state index is 0.376. The van der Waals surface area contributed by atoms with E-state index in [1.54, 1.807) is 0 Å². The summed E-state index contributed by atoms with van der Waals surface area (Å²) in [6.07, 6.45) is 2.94. The van der Waals surface area contributed by atoms with Crippen LogP contribution in [-0.4, -0.2) is 9.97 Å². The molecule has 3 nitrogen and oxygen atoms in total. The van der Waals surface area contributed by atoms with E-state index in [0.717, 1.165) is 39.7 Å². The van der Waals surface area contributed by atoms with Crippen LogP contribution < -0.4 is 0 Å². The first-order valence-electron chi connectivity index (χ1n) is 9.30. The highest BCUT2D eigenvalue weighted by atomic mass is 16.3. The first-order valence-corrected chi connectivity index (χ1v) is 9.30. The molecule has 0 aliphatic carbocycles. The summed E-state index contributed by atoms with van der Waals surface area (Å²) >= 11 is 0. The standard InChI is InChI=1S/C23H24N2O/c1-14(2)12-16-10-11-24-21(13-16)19-7-5-6-17-18-8-9-20(15(3)4)25-23(18)26-22(17)19/h5-11,13-15H,12H2,1-4H3. The number of benzene rings is 1. The topological polar surface area (TPSA) is 38.9 Å². The van der Waals surface area contributed by atoms with Crippen LogP contribution in [0.4, 0.5) is 0 Å². The van der Waals surface area contributed by atoms with Gasteiger partial charge in [0.15, 0.2) is 0 Å². The van der Waals surface area contributed by atoms with Crippen molar-refractivity contribution in [1.29, 1.82) is 0 Å². The van der Waals surface area contributed by atoms with Crippen molar-refractivity contribution in [2.75, 3.05) is 0 Å². The fourth-order valence-corrected chi connectivity index (χ4v) is 3.44. The third-order valence-electron chi connectivity index (χ3n) is 4.72. The minimum atomic E-state index is 0.376. The Labute approximate surface area is 154 Å². The zero-order chi connectivity index (χ0) is 18.3. The molecule has 0 spiro atoms. The van der Waals surface area contributed by atoms with E-state index in [-0.39, 0.29) is 0 Å². The van der Waals surface area contributed by atoms with Crippen molar-refractivity contribution in [2.24, 2.45) is 5.92 Å². The molecule has 0 aliphatic heterocycles. The van der Waals surface area contributed by atoms with Gasteiger partial charge in [-0.05, 0) is 54.2 Å². The molecule has 3 heterocycles. The van der Waals surface area contributed by atoms with Gasteiger partial charge in [0.05, 0.1) is 5.69 Å². The van der Waals surface area contributed by atoms with Crippen LogP contribution in [0.15, 0.2) is 53.1 Å². The Hall–Kier alpha value is -2.68. The van der Waals surface area contributed by atoms with Gasteiger partial charge in [-0.25, -0.2) is 4.98 Å². The molecule has 0 radical (unpaired) electrons. The van der Waals surface area contributed by atoms with Gasteiger partial charge in [-0.1, -0.05) is 39.8 Å². The van der Waals surface area contributed by atoms with Gasteiger partial charge in [-0.15, -0.1) is 0 Å². The van der Waals surface area contributed by atoms with Crippen LogP contribution in [0, 0.1) is 5.92 Å². The van der Waals surface area contributed by atoms with E-state index < -0.39 is 0 Å². The highest BCUT2D eigenvalue weighted by Crippen LogP contribution is 2.35. The third-order valence-corrected chi connectivity index (χ3v) is 4.72. The van der Waals surface area contributed by atoms with E-state index in [0.29, 0.717) is 17.5 Å². The molecule has 0 aliphatic rings. The second-order valence-electron chi connectivity index (χ2n) is 7.68. The Morgan fingerprint density at radius 3 is 2.58 bits per heavy atom. The molecule has 0 unspecified atom stereocenters. The number of pyridine rings is 2. The summed E-state index contributed by atoms with van der Waals surface area (Å²) in [5.41, 5.74) is 5.91. The number of hydrogen-bond donors (Lipinski definition) is 0. The summed E-state index contributed by atoms with van der Waals surface area (Å²) in [5.74, 6) is 0.993. The Morgan fingerprint density at radius 2 is 1.81 bits per heavy atom. The Kier molecular flexibility index (Phi) is 4.23. The molecule has 0 saturated carbocycles. The maximum atomic E-state index is 6.20. The van der Waals surface area contributed by atoms with Gasteiger partial charge in [0, 0.05) is 28.2 Å². The summed E-state index contributed by atoms with van der Waals surface area (Å²) in [7, 11) is 0. The van der Waals surface area contributed by atoms with Crippen LogP contribution >= 0.6 is 0 Å². The zero-order valence-electron chi connectivity index (χ0n) is 15.8. The van der Waals surface area contributed by atoms with Crippen molar-refractivity contribution in [1.82, 2.24) is 9.97 Å². The van der Waals surface area contributed by atoms with Crippen LogP contribution in [0.1, 0.15) is 44.9 Å². The van der Waals surface area contributed by atoms with Gasteiger partial charge < -0.3 is 4.42 Å². The zero-order valence-corrected chi connectivity index (χ0v) is 15.8. The second-order valence-corrected chi connectivity index (χ2v) is 7.68. The van der Waals surface area contributed by atoms with Gasteiger partial charge in [-0.2, -0.15) is 0 Å². The number of aromatic nitrogens is 2. The molecule has 0 bridgehead atoms. The van der Waals surface area contributed by atoms with Crippen LogP contribution in [0.5, 0.6) is 0 Å². The maximum Gasteiger partial charge on any atom is 0.227 e. The average molecular weight is 344 g/mol. The SMILES string of the molecule is CC(C)Cc1ccnc(-c2cccc3c2oc2nc(C(C)C)ccc23)c1. The van der Waals surface area contributed by atoms with E-state index in [1.165, 1.54) is 5.56 Å². The van der Waals surface area contributed by atoms with Crippen LogP contribution in [0.3, 0.4) is 0 Å². The molecule has 0 fully saturated rings. The molecule has 132 valence electrons. The maximum absolute atomic E-state index is 6.20. The van der Waals surface area contributed by atoms with Gasteiger partial charge in [0.2, 0.25) is 5.71 Å². The van der Waals surface area contributed by atoms with E-state index in [1.807, 2.05) is 6.20 Å². The minimum Gasteiger partial charge on any atom is -0.437 e. The Morgan fingerprint density at radius 1 is 0.962 bits per heavy atom. The summed E-state index contributed by atoms with van der Waals surface area (Å²) in [6, 6.07) is 14.7. The predicted octanol–water partition coefficient (Wildman–Crippen LogP) is 6.36. The first-order chi connectivity index (χ1) is 12.5. The predicted molar refractivity (Wildman–Crippen MR) is 107 cm³/mol. The van der Waals surface area contributed by atoms with Crippen molar-refractivity contribution < 1.29 is 4.42 Å². The summed E-state index contributed by atoms with van der Waals surface area (Å²) in [4.78, 5) is 9.32. The van der Waals surface area contributed by atoms with Gasteiger partial charge >= 0.3 is 0 Å². The van der Waals surface area contributed by atoms with Gasteiger partial charge in [0.1, 0.15) is 5.58 Å². The lowest BCUT2D eigenvalue weighted by atomic mass is 10.0. The Balaban J connectivity index is 1.89. The molecular formula is C23H24N2O. The molecular weight excluding hydrogens is 320 g/mol. The van der Waals surface area contributed by atoms with E-state index in [4.69, 9.17) is 9.40 Å². The monoisotopic (exact) mass is 344 g/mol. The fraction of sp³-hybridized carbons (Fsp3) is 0.304. The third kappa shape index (κ3) is 2.98. The van der Waals surface area contributed by atoms with E-state index >= 15 is 0 Å². The largest absolute Gasteiger partial charge is 0.437 e. The molecule has 0 amide bonds. The molecule has 26 heavy (non-hydrogen) atoms. The fourth-order valence-electron chi connectivity index (χ4n) is 3.44. The summed E-state index contributed by atoms with van der Waals surface area (Å²) in [5, 5.41) is 2.15. The number of para-hydroxylation sites is 1. The Bertz CT molecular complexity index is 1080. The summed E-state index contributed by atoms with van der Waals surface area (Å²) < 4.78 is 6.20. The van der Waals surface area contributed by atoms with Crippen molar-refractivity contribution in [3.05, 3.63) is 59.9 Å². The first kappa shape index (κ1) is 16.8. The number of hydrogen-bond acceptors (Lipinski definition) is 3. The lowest BCUT2D eigenvalue weighted by Crippen LogP contribution is -1.95. The van der Waals surface area contributed by atoms with Crippen molar-refractivity contribution in [3.8, 4) is 11.3 Å². The van der Waals surface area contributed by atoms with Crippen molar-refractivity contribution >= 4 is 22.1 Å². The van der Waals surface area contributed by atoms with E-state index in [9.17, 15) is 0 Å². The highest BCUT2D eigenvalue weighted by Gasteiger charge is 2.15. The molecule has 0 N–H and O–H groups in total. The van der Waals surface area contributed by atoms with Gasteiger partial charge in [-0.3, -0.25) is 4.98 Å². The number of nitrogens with zero attached hydrogens (tertiary/aromatic N) is 2. The molecule has 3 heteroatoms. The normalized spacial score (nSPS) is 11.9. The number of fused-ring (bicyclic) bond motifs is 3. The van der Waals surface area contributed by atoms with Crippen molar-refractivity contribution in [3.63, 3.8) is 0 Å². The lowest BCUT2D eigenvalue weighted by Gasteiger charge is -2.07. The lowest BCUT2D eigenvalue weighted by molar-refractivity contribution is 0.646. The van der Waals surface area contributed by atoms with E-state index in [2.05, 4.69) is 75.1 Å². The van der Waals surface area contributed by atoms with Crippen molar-refractivity contribution in [2.45, 2.75) is 40.0 Å². The molecule has 4 rings (SSSR count). The highest BCUT2D eigenvalue weighted by molar-refractivity contribution is 6.08. The number of furan rings is 1. The molecule has 0 atom stereocenters. The van der Waals surface area contributed by atoms with Crippen LogP contribution in [-0.2, 0) is 6.42 Å². The second kappa shape index (κ2) is 6.56. The smallest absolute Gasteiger partial charge is 0.227 e. The average Bonchev–Trinajstić information content (AvgIpc) is 2.99.